The summed E-state index contributed by atoms with van der Waals surface area (Å²) >= 11 is 0. The lowest BCUT2D eigenvalue weighted by Gasteiger charge is -2.37. The van der Waals surface area contributed by atoms with Crippen LogP contribution >= 0.6 is 12.4 Å². The van der Waals surface area contributed by atoms with E-state index >= 15 is 0 Å². The van der Waals surface area contributed by atoms with E-state index in [9.17, 15) is 13.6 Å². The lowest BCUT2D eigenvalue weighted by molar-refractivity contribution is -0.128. The molecule has 116 valence electrons. The van der Waals surface area contributed by atoms with Crippen LogP contribution in [0.4, 0.5) is 14.5 Å². The molecule has 2 atom stereocenters. The molecule has 3 rings (SSSR count). The number of rotatable bonds is 2. The molecule has 1 saturated carbocycles. The Morgan fingerprint density at radius 3 is 2.95 bits per heavy atom. The zero-order chi connectivity index (χ0) is 14.2. The van der Waals surface area contributed by atoms with Gasteiger partial charge in [-0.1, -0.05) is 18.9 Å². The lowest BCUT2D eigenvalue weighted by Crippen LogP contribution is -2.44. The summed E-state index contributed by atoms with van der Waals surface area (Å²) in [5, 5.41) is 5.86. The van der Waals surface area contributed by atoms with E-state index in [-0.39, 0.29) is 24.0 Å². The van der Waals surface area contributed by atoms with Crippen molar-refractivity contribution in [2.75, 3.05) is 18.4 Å². The van der Waals surface area contributed by atoms with E-state index in [4.69, 9.17) is 0 Å². The predicted octanol–water partition coefficient (Wildman–Crippen LogP) is 3.10. The first kappa shape index (κ1) is 16.2. The maximum Gasteiger partial charge on any atom is 0.232 e. The molecule has 1 aliphatic carbocycles. The molecule has 2 aliphatic rings. The molecule has 1 saturated heterocycles. The van der Waals surface area contributed by atoms with Gasteiger partial charge in [0.15, 0.2) is 11.6 Å². The highest BCUT2D eigenvalue weighted by Gasteiger charge is 2.49. The number of fused-ring (bicyclic) bond motifs is 1. The van der Waals surface area contributed by atoms with Gasteiger partial charge in [0.2, 0.25) is 5.91 Å². The van der Waals surface area contributed by atoms with Gasteiger partial charge >= 0.3 is 0 Å². The molecular weight excluding hydrogens is 298 g/mol. The maximum atomic E-state index is 13.7. The number of hydrogen-bond donors (Lipinski definition) is 2. The zero-order valence-corrected chi connectivity index (χ0v) is 12.4. The fourth-order valence-electron chi connectivity index (χ4n) is 3.54. The monoisotopic (exact) mass is 316 g/mol. The minimum absolute atomic E-state index is 0. The predicted molar refractivity (Wildman–Crippen MR) is 79.5 cm³/mol. The molecule has 1 aromatic carbocycles. The van der Waals surface area contributed by atoms with Crippen molar-refractivity contribution < 1.29 is 13.6 Å². The minimum atomic E-state index is -0.990. The van der Waals surface area contributed by atoms with Crippen molar-refractivity contribution in [3.05, 3.63) is 29.8 Å². The molecule has 6 heteroatoms. The molecule has 1 aromatic rings. The molecule has 1 heterocycles. The van der Waals surface area contributed by atoms with Crippen LogP contribution in [0.3, 0.4) is 0 Å². The number of carbonyl (C=O) groups is 1. The van der Waals surface area contributed by atoms with Crippen molar-refractivity contribution in [3.8, 4) is 0 Å². The number of carbonyl (C=O) groups excluding carboxylic acids is 1. The fourth-order valence-corrected chi connectivity index (χ4v) is 3.54. The molecule has 0 unspecified atom stereocenters. The summed E-state index contributed by atoms with van der Waals surface area (Å²) in [6.07, 6.45) is 3.98. The van der Waals surface area contributed by atoms with Gasteiger partial charge in [0.05, 0.1) is 11.1 Å². The molecule has 0 bridgehead atoms. The second kappa shape index (κ2) is 6.28. The Hall–Kier alpha value is -1.20. The topological polar surface area (TPSA) is 41.1 Å². The van der Waals surface area contributed by atoms with Gasteiger partial charge < -0.3 is 10.6 Å². The summed E-state index contributed by atoms with van der Waals surface area (Å²) in [6, 6.07) is 3.84. The molecule has 0 radical (unpaired) electrons. The Balaban J connectivity index is 0.00000161. The summed E-state index contributed by atoms with van der Waals surface area (Å²) in [7, 11) is 0. The van der Waals surface area contributed by atoms with E-state index in [1.807, 2.05) is 0 Å². The third-order valence-corrected chi connectivity index (χ3v) is 4.69. The van der Waals surface area contributed by atoms with Crippen molar-refractivity contribution in [3.63, 3.8) is 0 Å². The van der Waals surface area contributed by atoms with Crippen LogP contribution in [0.1, 0.15) is 25.7 Å². The number of anilines is 1. The lowest BCUT2D eigenvalue weighted by atomic mass is 9.67. The van der Waals surface area contributed by atoms with E-state index < -0.39 is 17.0 Å². The fraction of sp³-hybridized carbons (Fsp3) is 0.533. The first-order valence-corrected chi connectivity index (χ1v) is 7.10. The van der Waals surface area contributed by atoms with Crippen LogP contribution in [-0.2, 0) is 4.79 Å². The Labute approximate surface area is 128 Å². The number of halogens is 3. The Kier molecular flexibility index (Phi) is 4.84. The smallest absolute Gasteiger partial charge is 0.232 e. The Bertz CT molecular complexity index is 540. The van der Waals surface area contributed by atoms with E-state index in [2.05, 4.69) is 10.6 Å². The number of nitrogens with one attached hydrogen (secondary N) is 2. The maximum absolute atomic E-state index is 13.7. The SMILES string of the molecule is Cl.O=C(Nc1cccc(F)c1F)[C@@]12CCCC[C@H]1CNC2. The highest BCUT2D eigenvalue weighted by molar-refractivity contribution is 5.96. The molecule has 2 fully saturated rings. The largest absolute Gasteiger partial charge is 0.323 e. The average molecular weight is 317 g/mol. The van der Waals surface area contributed by atoms with Crippen LogP contribution in [0.15, 0.2) is 18.2 Å². The molecule has 1 aliphatic heterocycles. The average Bonchev–Trinajstić information content (AvgIpc) is 2.89. The summed E-state index contributed by atoms with van der Waals surface area (Å²) in [4.78, 5) is 12.6. The van der Waals surface area contributed by atoms with Crippen molar-refractivity contribution >= 4 is 24.0 Å². The van der Waals surface area contributed by atoms with Gasteiger partial charge in [-0.15, -0.1) is 12.4 Å². The molecule has 0 spiro atoms. The second-order valence-corrected chi connectivity index (χ2v) is 5.79. The normalized spacial score (nSPS) is 27.6. The quantitative estimate of drug-likeness (QED) is 0.880. The standard InChI is InChI=1S/C15H18F2N2O.ClH/c16-11-5-3-6-12(13(11)17)19-14(20)15-7-2-1-4-10(15)8-18-9-15;/h3,5-6,10,18H,1-2,4,7-9H2,(H,19,20);1H/t10-,15+;/m0./s1. The first-order valence-electron chi connectivity index (χ1n) is 7.10. The van der Waals surface area contributed by atoms with E-state index in [0.717, 1.165) is 38.3 Å². The van der Waals surface area contributed by atoms with Gasteiger partial charge in [-0.25, -0.2) is 8.78 Å². The highest BCUT2D eigenvalue weighted by atomic mass is 35.5. The Morgan fingerprint density at radius 2 is 2.14 bits per heavy atom. The van der Waals surface area contributed by atoms with Crippen LogP contribution in [0.5, 0.6) is 0 Å². The van der Waals surface area contributed by atoms with Crippen LogP contribution in [-0.4, -0.2) is 19.0 Å². The van der Waals surface area contributed by atoms with Gasteiger partial charge in [-0.3, -0.25) is 4.79 Å². The van der Waals surface area contributed by atoms with Crippen LogP contribution < -0.4 is 10.6 Å². The van der Waals surface area contributed by atoms with E-state index in [1.165, 1.54) is 12.1 Å². The van der Waals surface area contributed by atoms with Crippen molar-refractivity contribution in [2.24, 2.45) is 11.3 Å². The first-order chi connectivity index (χ1) is 9.63. The second-order valence-electron chi connectivity index (χ2n) is 5.79. The third-order valence-electron chi connectivity index (χ3n) is 4.69. The van der Waals surface area contributed by atoms with Gasteiger partial charge in [0, 0.05) is 6.54 Å². The molecule has 1 amide bonds. The summed E-state index contributed by atoms with van der Waals surface area (Å²) in [6.45, 7) is 1.46. The number of benzene rings is 1. The number of hydrogen-bond acceptors (Lipinski definition) is 2. The summed E-state index contributed by atoms with van der Waals surface area (Å²) in [5.74, 6) is -1.81. The Morgan fingerprint density at radius 1 is 1.33 bits per heavy atom. The molecule has 21 heavy (non-hydrogen) atoms. The summed E-state index contributed by atoms with van der Waals surface area (Å²) in [5.41, 5.74) is -0.530. The van der Waals surface area contributed by atoms with Crippen molar-refractivity contribution in [1.82, 2.24) is 5.32 Å². The molecular formula is C15H19ClF2N2O. The highest BCUT2D eigenvalue weighted by Crippen LogP contribution is 2.44. The minimum Gasteiger partial charge on any atom is -0.323 e. The van der Waals surface area contributed by atoms with Gasteiger partial charge in [-0.2, -0.15) is 0 Å². The van der Waals surface area contributed by atoms with E-state index in [0.29, 0.717) is 12.5 Å². The van der Waals surface area contributed by atoms with Crippen molar-refractivity contribution in [2.45, 2.75) is 25.7 Å². The van der Waals surface area contributed by atoms with Crippen LogP contribution in [0, 0.1) is 23.0 Å². The molecule has 0 aromatic heterocycles. The molecule has 3 nitrogen and oxygen atoms in total. The van der Waals surface area contributed by atoms with Crippen molar-refractivity contribution in [1.29, 1.82) is 0 Å². The van der Waals surface area contributed by atoms with E-state index in [1.54, 1.807) is 0 Å². The summed E-state index contributed by atoms with van der Waals surface area (Å²) < 4.78 is 26.9. The van der Waals surface area contributed by atoms with Crippen LogP contribution in [0.2, 0.25) is 0 Å². The van der Waals surface area contributed by atoms with Gasteiger partial charge in [-0.05, 0) is 37.4 Å². The van der Waals surface area contributed by atoms with Gasteiger partial charge in [0.1, 0.15) is 0 Å². The molecule has 2 N–H and O–H groups in total. The zero-order valence-electron chi connectivity index (χ0n) is 11.6. The number of amides is 1. The third kappa shape index (κ3) is 2.77. The van der Waals surface area contributed by atoms with Gasteiger partial charge in [0.25, 0.3) is 0 Å². The van der Waals surface area contributed by atoms with Crippen LogP contribution in [0.25, 0.3) is 0 Å².